The number of aliphatic hydroxyl groups excluding tert-OH is 1. The minimum atomic E-state index is -1.51. The molecule has 0 fully saturated rings. The van der Waals surface area contributed by atoms with Gasteiger partial charge >= 0.3 is 5.97 Å². The normalized spacial score (nSPS) is 12.0. The van der Waals surface area contributed by atoms with E-state index in [0.29, 0.717) is 12.2 Å². The van der Waals surface area contributed by atoms with Crippen LogP contribution in [0.5, 0.6) is 0 Å². The summed E-state index contributed by atoms with van der Waals surface area (Å²) in [5.74, 6) is -1.77. The van der Waals surface area contributed by atoms with Gasteiger partial charge in [-0.05, 0) is 12.5 Å². The summed E-state index contributed by atoms with van der Waals surface area (Å²) in [6.07, 6.45) is -1.60. The van der Waals surface area contributed by atoms with Crippen LogP contribution in [0.4, 0.5) is 0 Å². The van der Waals surface area contributed by atoms with Gasteiger partial charge in [-0.15, -0.1) is 0 Å². The molecule has 0 bridgehead atoms. The van der Waals surface area contributed by atoms with E-state index in [4.69, 9.17) is 16.7 Å². The van der Waals surface area contributed by atoms with Crippen LogP contribution < -0.4 is 5.32 Å². The maximum absolute atomic E-state index is 12.2. The Morgan fingerprint density at radius 3 is 2.62 bits per heavy atom. The first kappa shape index (κ1) is 18.0. The topological polar surface area (TPSA) is 104 Å². The molecule has 1 atom stereocenters. The van der Waals surface area contributed by atoms with Crippen LogP contribution in [0.3, 0.4) is 0 Å². The van der Waals surface area contributed by atoms with Gasteiger partial charge in [-0.25, -0.2) is 9.48 Å². The number of carboxylic acids is 1. The lowest BCUT2D eigenvalue weighted by Crippen LogP contribution is -2.30. The number of aryl methyl sites for hydroxylation is 1. The van der Waals surface area contributed by atoms with Crippen molar-refractivity contribution < 1.29 is 19.8 Å². The molecule has 8 heteroatoms. The van der Waals surface area contributed by atoms with Gasteiger partial charge in [-0.3, -0.25) is 4.79 Å². The number of hydrogen-bond donors (Lipinski definition) is 3. The van der Waals surface area contributed by atoms with E-state index in [2.05, 4.69) is 10.4 Å². The fourth-order valence-corrected chi connectivity index (χ4v) is 2.53. The molecular weight excluding hydrogens is 334 g/mol. The van der Waals surface area contributed by atoms with Crippen molar-refractivity contribution in [3.05, 3.63) is 52.3 Å². The summed E-state index contributed by atoms with van der Waals surface area (Å²) in [7, 11) is 0. The van der Waals surface area contributed by atoms with Gasteiger partial charge in [0.05, 0.1) is 17.8 Å². The van der Waals surface area contributed by atoms with Gasteiger partial charge in [0.15, 0.2) is 6.10 Å². The zero-order valence-electron chi connectivity index (χ0n) is 13.1. The van der Waals surface area contributed by atoms with E-state index in [1.54, 1.807) is 6.92 Å². The van der Waals surface area contributed by atoms with Gasteiger partial charge in [-0.2, -0.15) is 5.10 Å². The van der Waals surface area contributed by atoms with E-state index in [0.717, 1.165) is 5.56 Å². The second-order valence-electron chi connectivity index (χ2n) is 5.29. The largest absolute Gasteiger partial charge is 0.479 e. The van der Waals surface area contributed by atoms with Crippen LogP contribution in [0.2, 0.25) is 5.15 Å². The highest BCUT2D eigenvalue weighted by atomic mass is 35.5. The number of carboxylic acid groups (broad SMARTS) is 1. The first-order valence-corrected chi connectivity index (χ1v) is 7.74. The van der Waals surface area contributed by atoms with Crippen LogP contribution in [0.1, 0.15) is 28.0 Å². The van der Waals surface area contributed by atoms with Crippen molar-refractivity contribution in [1.82, 2.24) is 15.1 Å². The average molecular weight is 352 g/mol. The number of aromatic nitrogens is 2. The van der Waals surface area contributed by atoms with Gasteiger partial charge in [0.2, 0.25) is 0 Å². The van der Waals surface area contributed by atoms with Crippen LogP contribution in [-0.2, 0) is 11.3 Å². The Balaban J connectivity index is 2.05. The van der Waals surface area contributed by atoms with E-state index in [9.17, 15) is 14.7 Å². The standard InChI is InChI=1S/C16H18ClN3O4/c1-10-13(15(22)18-8-7-12(21)16(23)24)14(17)20(19-10)9-11-5-3-2-4-6-11/h2-6,12,21H,7-9H2,1H3,(H,18,22)(H,23,24)/t12-/m0/s1. The maximum atomic E-state index is 12.2. The van der Waals surface area contributed by atoms with E-state index in [-0.39, 0.29) is 23.7 Å². The maximum Gasteiger partial charge on any atom is 0.332 e. The van der Waals surface area contributed by atoms with E-state index in [1.807, 2.05) is 30.3 Å². The summed E-state index contributed by atoms with van der Waals surface area (Å²) in [4.78, 5) is 22.8. The smallest absolute Gasteiger partial charge is 0.332 e. The molecule has 24 heavy (non-hydrogen) atoms. The number of nitrogens with zero attached hydrogens (tertiary/aromatic N) is 2. The van der Waals surface area contributed by atoms with Crippen molar-refractivity contribution >= 4 is 23.5 Å². The number of rotatable bonds is 7. The zero-order chi connectivity index (χ0) is 17.7. The van der Waals surface area contributed by atoms with Crippen molar-refractivity contribution in [2.24, 2.45) is 0 Å². The molecule has 1 aromatic heterocycles. The highest BCUT2D eigenvalue weighted by molar-refractivity contribution is 6.33. The third-order valence-corrected chi connectivity index (χ3v) is 3.84. The Morgan fingerprint density at radius 1 is 1.33 bits per heavy atom. The second kappa shape index (κ2) is 7.94. The molecule has 1 heterocycles. The van der Waals surface area contributed by atoms with Gasteiger partial charge in [0, 0.05) is 13.0 Å². The summed E-state index contributed by atoms with van der Waals surface area (Å²) in [5, 5.41) is 24.8. The number of carbonyl (C=O) groups is 2. The number of aliphatic hydroxyl groups is 1. The second-order valence-corrected chi connectivity index (χ2v) is 5.65. The lowest BCUT2D eigenvalue weighted by molar-refractivity contribution is -0.146. The Morgan fingerprint density at radius 2 is 2.00 bits per heavy atom. The summed E-state index contributed by atoms with van der Waals surface area (Å²) in [6, 6.07) is 9.58. The molecule has 1 aromatic carbocycles. The van der Waals surface area contributed by atoms with Crippen LogP contribution >= 0.6 is 11.6 Å². The molecule has 0 radical (unpaired) electrons. The molecular formula is C16H18ClN3O4. The van der Waals surface area contributed by atoms with Crippen LogP contribution in [0.15, 0.2) is 30.3 Å². The third-order valence-electron chi connectivity index (χ3n) is 3.46. The lowest BCUT2D eigenvalue weighted by Gasteiger charge is -2.07. The molecule has 0 aliphatic heterocycles. The molecule has 0 saturated carbocycles. The molecule has 0 saturated heterocycles. The number of benzene rings is 1. The number of hydrogen-bond acceptors (Lipinski definition) is 4. The Labute approximate surface area is 143 Å². The fraction of sp³-hybridized carbons (Fsp3) is 0.312. The summed E-state index contributed by atoms with van der Waals surface area (Å²) in [6.45, 7) is 2.13. The van der Waals surface area contributed by atoms with Crippen molar-refractivity contribution in [3.63, 3.8) is 0 Å². The Hall–Kier alpha value is -2.38. The molecule has 0 spiro atoms. The molecule has 2 rings (SSSR count). The molecule has 0 aliphatic carbocycles. The molecule has 0 aliphatic rings. The van der Waals surface area contributed by atoms with Gasteiger partial charge < -0.3 is 15.5 Å². The molecule has 2 aromatic rings. The van der Waals surface area contributed by atoms with Gasteiger partial charge in [0.25, 0.3) is 5.91 Å². The molecule has 3 N–H and O–H groups in total. The van der Waals surface area contributed by atoms with E-state index < -0.39 is 18.0 Å². The monoisotopic (exact) mass is 351 g/mol. The van der Waals surface area contributed by atoms with Crippen molar-refractivity contribution in [3.8, 4) is 0 Å². The third kappa shape index (κ3) is 4.33. The summed E-state index contributed by atoms with van der Waals surface area (Å²) >= 11 is 6.26. The van der Waals surface area contributed by atoms with E-state index >= 15 is 0 Å². The number of carbonyl (C=O) groups excluding carboxylic acids is 1. The van der Waals surface area contributed by atoms with Crippen molar-refractivity contribution in [2.45, 2.75) is 26.0 Å². The molecule has 1 amide bonds. The predicted octanol–water partition coefficient (Wildman–Crippen LogP) is 1.46. The van der Waals surface area contributed by atoms with Crippen LogP contribution in [0.25, 0.3) is 0 Å². The number of amides is 1. The van der Waals surface area contributed by atoms with Gasteiger partial charge in [-0.1, -0.05) is 41.9 Å². The number of nitrogens with one attached hydrogen (secondary N) is 1. The molecule has 128 valence electrons. The minimum Gasteiger partial charge on any atom is -0.479 e. The highest BCUT2D eigenvalue weighted by Gasteiger charge is 2.21. The zero-order valence-corrected chi connectivity index (χ0v) is 13.8. The lowest BCUT2D eigenvalue weighted by atomic mass is 10.2. The quantitative estimate of drug-likeness (QED) is 0.700. The minimum absolute atomic E-state index is 0.0198. The Kier molecular flexibility index (Phi) is 5.94. The van der Waals surface area contributed by atoms with Crippen molar-refractivity contribution in [1.29, 1.82) is 0 Å². The first-order valence-electron chi connectivity index (χ1n) is 7.36. The Bertz CT molecular complexity index is 730. The summed E-state index contributed by atoms with van der Waals surface area (Å²) < 4.78 is 1.53. The summed E-state index contributed by atoms with van der Waals surface area (Å²) in [5.41, 5.74) is 1.73. The van der Waals surface area contributed by atoms with E-state index in [1.165, 1.54) is 4.68 Å². The SMILES string of the molecule is Cc1nn(Cc2ccccc2)c(Cl)c1C(=O)NCC[C@H](O)C(=O)O. The fourth-order valence-electron chi connectivity index (χ4n) is 2.21. The highest BCUT2D eigenvalue weighted by Crippen LogP contribution is 2.20. The van der Waals surface area contributed by atoms with Crippen molar-refractivity contribution in [2.75, 3.05) is 6.54 Å². The van der Waals surface area contributed by atoms with Gasteiger partial charge in [0.1, 0.15) is 5.15 Å². The first-order chi connectivity index (χ1) is 11.4. The molecule has 7 nitrogen and oxygen atoms in total. The number of aliphatic carboxylic acids is 1. The van der Waals surface area contributed by atoms with Crippen LogP contribution in [0, 0.1) is 6.92 Å². The predicted molar refractivity (Wildman–Crippen MR) is 88.1 cm³/mol. The van der Waals surface area contributed by atoms with Crippen LogP contribution in [-0.4, -0.2) is 44.5 Å². The average Bonchev–Trinajstić information content (AvgIpc) is 2.82. The molecule has 0 unspecified atom stereocenters. The number of halogens is 1.